The predicted octanol–water partition coefficient (Wildman–Crippen LogP) is 3.77. The molecule has 38 heavy (non-hydrogen) atoms. The van der Waals surface area contributed by atoms with E-state index in [9.17, 15) is 18.0 Å². The zero-order valence-electron chi connectivity index (χ0n) is 21.5. The smallest absolute Gasteiger partial charge is 0.285 e. The van der Waals surface area contributed by atoms with Gasteiger partial charge in [-0.2, -0.15) is 4.98 Å². The van der Waals surface area contributed by atoms with E-state index in [2.05, 4.69) is 25.7 Å². The van der Waals surface area contributed by atoms with Gasteiger partial charge >= 0.3 is 0 Å². The molecule has 0 bridgehead atoms. The lowest BCUT2D eigenvalue weighted by molar-refractivity contribution is -0.140. The molecule has 0 radical (unpaired) electrons. The van der Waals surface area contributed by atoms with Gasteiger partial charge in [-0.25, -0.2) is 22.7 Å². The van der Waals surface area contributed by atoms with Crippen LogP contribution in [0.4, 0.5) is 36.4 Å². The molecular formula is C25H30F3N9O. The molecule has 0 saturated carbocycles. The molecule has 5 rings (SSSR count). The molecule has 0 spiro atoms. The molecule has 2 atom stereocenters. The largest absolute Gasteiger partial charge is 0.371 e. The van der Waals surface area contributed by atoms with Gasteiger partial charge in [0.1, 0.15) is 17.9 Å². The lowest BCUT2D eigenvalue weighted by Gasteiger charge is -2.38. The van der Waals surface area contributed by atoms with Gasteiger partial charge in [-0.3, -0.25) is 9.79 Å². The number of rotatable bonds is 6. The molecule has 1 amide bonds. The van der Waals surface area contributed by atoms with Crippen LogP contribution in [-0.2, 0) is 4.79 Å². The fourth-order valence-corrected chi connectivity index (χ4v) is 4.97. The van der Waals surface area contributed by atoms with Crippen LogP contribution in [0.2, 0.25) is 0 Å². The first kappa shape index (κ1) is 25.7. The molecule has 2 aliphatic heterocycles. The Morgan fingerprint density at radius 3 is 2.76 bits per heavy atom. The number of carbonyl (C=O) groups is 1. The van der Waals surface area contributed by atoms with Crippen LogP contribution >= 0.6 is 0 Å². The number of alkyl halides is 3. The maximum absolute atomic E-state index is 14.8. The molecule has 2 aliphatic rings. The SMILES string of the molecule is CNc1nc(N[C@@H]2CCN(C(C)=O)CC2(F)F)nn2ccc(-c3ccc4c(n3)N(CCF)C(C)CC=N4)c12. The third-order valence-corrected chi connectivity index (χ3v) is 7.03. The van der Waals surface area contributed by atoms with Gasteiger partial charge in [0.05, 0.1) is 18.3 Å². The second kappa shape index (κ2) is 10.1. The van der Waals surface area contributed by atoms with Crippen molar-refractivity contribution in [2.45, 2.75) is 44.7 Å². The molecule has 1 fully saturated rings. The fraction of sp³-hybridized carbons (Fsp3) is 0.480. The third-order valence-electron chi connectivity index (χ3n) is 7.03. The van der Waals surface area contributed by atoms with Crippen molar-refractivity contribution in [2.75, 3.05) is 48.9 Å². The molecule has 2 N–H and O–H groups in total. The summed E-state index contributed by atoms with van der Waals surface area (Å²) in [6, 6.07) is 4.34. The predicted molar refractivity (Wildman–Crippen MR) is 141 cm³/mol. The Morgan fingerprint density at radius 1 is 1.24 bits per heavy atom. The zero-order chi connectivity index (χ0) is 27.0. The van der Waals surface area contributed by atoms with E-state index in [1.165, 1.54) is 6.92 Å². The van der Waals surface area contributed by atoms with E-state index in [4.69, 9.17) is 4.98 Å². The van der Waals surface area contributed by atoms with Crippen molar-refractivity contribution in [3.05, 3.63) is 24.4 Å². The molecule has 0 aliphatic carbocycles. The highest BCUT2D eigenvalue weighted by Gasteiger charge is 2.45. The Kier molecular flexibility index (Phi) is 6.84. The number of pyridine rings is 1. The number of halogens is 3. The molecule has 3 aromatic heterocycles. The number of piperidine rings is 1. The van der Waals surface area contributed by atoms with Crippen molar-refractivity contribution in [2.24, 2.45) is 4.99 Å². The van der Waals surface area contributed by atoms with Gasteiger partial charge in [-0.1, -0.05) is 0 Å². The number of amides is 1. The number of fused-ring (bicyclic) bond motifs is 2. The van der Waals surface area contributed by atoms with Gasteiger partial charge in [-0.05, 0) is 31.5 Å². The van der Waals surface area contributed by atoms with Crippen LogP contribution < -0.4 is 15.5 Å². The molecule has 13 heteroatoms. The third kappa shape index (κ3) is 4.72. The van der Waals surface area contributed by atoms with Gasteiger partial charge in [0.25, 0.3) is 5.92 Å². The summed E-state index contributed by atoms with van der Waals surface area (Å²) in [5, 5.41) is 10.2. The van der Waals surface area contributed by atoms with E-state index in [-0.39, 0.29) is 37.4 Å². The minimum Gasteiger partial charge on any atom is -0.371 e. The summed E-state index contributed by atoms with van der Waals surface area (Å²) in [5.74, 6) is -2.45. The maximum atomic E-state index is 14.8. The first-order valence-electron chi connectivity index (χ1n) is 12.6. The zero-order valence-corrected chi connectivity index (χ0v) is 21.5. The van der Waals surface area contributed by atoms with Crippen LogP contribution in [0.25, 0.3) is 16.8 Å². The van der Waals surface area contributed by atoms with E-state index >= 15 is 0 Å². The Morgan fingerprint density at radius 2 is 2.05 bits per heavy atom. The Hall–Kier alpha value is -3.90. The number of aromatic nitrogens is 4. The number of hydrogen-bond donors (Lipinski definition) is 2. The van der Waals surface area contributed by atoms with E-state index in [1.54, 1.807) is 17.8 Å². The Balaban J connectivity index is 1.49. The molecule has 3 aromatic rings. The first-order chi connectivity index (χ1) is 18.2. The monoisotopic (exact) mass is 529 g/mol. The Labute approximate surface area is 218 Å². The number of nitrogens with one attached hydrogen (secondary N) is 2. The average Bonchev–Trinajstić information content (AvgIpc) is 3.25. The summed E-state index contributed by atoms with van der Waals surface area (Å²) in [7, 11) is 1.69. The summed E-state index contributed by atoms with van der Waals surface area (Å²) in [6.07, 6.45) is 4.28. The summed E-state index contributed by atoms with van der Waals surface area (Å²) < 4.78 is 44.5. The van der Waals surface area contributed by atoms with Crippen molar-refractivity contribution in [3.8, 4) is 11.3 Å². The van der Waals surface area contributed by atoms with Crippen molar-refractivity contribution in [3.63, 3.8) is 0 Å². The number of aliphatic imine (C=N–C) groups is 1. The van der Waals surface area contributed by atoms with E-state index in [0.717, 1.165) is 10.5 Å². The van der Waals surface area contributed by atoms with Gasteiger partial charge in [0.2, 0.25) is 11.9 Å². The molecular weight excluding hydrogens is 499 g/mol. The van der Waals surface area contributed by atoms with Gasteiger partial charge in [0, 0.05) is 57.5 Å². The van der Waals surface area contributed by atoms with Crippen LogP contribution in [0.1, 0.15) is 26.7 Å². The molecule has 1 saturated heterocycles. The topological polar surface area (TPSA) is 103 Å². The van der Waals surface area contributed by atoms with Crippen molar-refractivity contribution in [1.82, 2.24) is 24.5 Å². The van der Waals surface area contributed by atoms with Crippen LogP contribution in [0.15, 0.2) is 29.4 Å². The van der Waals surface area contributed by atoms with Crippen LogP contribution in [0.3, 0.4) is 0 Å². The van der Waals surface area contributed by atoms with E-state index in [1.807, 2.05) is 36.2 Å². The minimum absolute atomic E-state index is 0.0366. The number of hydrogen-bond acceptors (Lipinski definition) is 8. The van der Waals surface area contributed by atoms with Gasteiger partial charge < -0.3 is 20.4 Å². The van der Waals surface area contributed by atoms with Gasteiger partial charge in [0.15, 0.2) is 11.6 Å². The highest BCUT2D eigenvalue weighted by molar-refractivity contribution is 5.89. The maximum Gasteiger partial charge on any atom is 0.285 e. The van der Waals surface area contributed by atoms with E-state index in [0.29, 0.717) is 35.0 Å². The highest BCUT2D eigenvalue weighted by atomic mass is 19.3. The fourth-order valence-electron chi connectivity index (χ4n) is 4.97. The second-order valence-electron chi connectivity index (χ2n) is 9.56. The van der Waals surface area contributed by atoms with Crippen LogP contribution in [-0.4, -0.2) is 88.0 Å². The minimum atomic E-state index is -3.14. The second-order valence-corrected chi connectivity index (χ2v) is 9.56. The van der Waals surface area contributed by atoms with E-state index < -0.39 is 25.2 Å². The lowest BCUT2D eigenvalue weighted by Crippen LogP contribution is -2.55. The summed E-state index contributed by atoms with van der Waals surface area (Å²) in [5.41, 5.74) is 2.64. The molecule has 1 unspecified atom stereocenters. The normalized spacial score (nSPS) is 20.8. The average molecular weight is 530 g/mol. The molecule has 10 nitrogen and oxygen atoms in total. The Bertz CT molecular complexity index is 1380. The van der Waals surface area contributed by atoms with Crippen molar-refractivity contribution in [1.29, 1.82) is 0 Å². The van der Waals surface area contributed by atoms with Crippen molar-refractivity contribution >= 4 is 40.9 Å². The summed E-state index contributed by atoms with van der Waals surface area (Å²) >= 11 is 0. The highest BCUT2D eigenvalue weighted by Crippen LogP contribution is 2.36. The number of anilines is 3. The first-order valence-corrected chi connectivity index (χ1v) is 12.6. The summed E-state index contributed by atoms with van der Waals surface area (Å²) in [6.45, 7) is 2.57. The lowest BCUT2D eigenvalue weighted by atomic mass is 10.0. The van der Waals surface area contributed by atoms with Crippen LogP contribution in [0.5, 0.6) is 0 Å². The molecule has 0 aromatic carbocycles. The standard InChI is InChI=1S/C25H30F3N9O/c1-15-6-10-30-19-5-4-18(31-23(19)36(15)13-9-26)17-7-12-37-21(17)22(29-3)33-24(34-37)32-20-8-11-35(16(2)38)14-25(20,27)28/h4-5,7,10,12,15,20H,6,8-9,11,13-14H2,1-3H3,(H2,29,32,33,34)/t15?,20-/m1/s1. The van der Waals surface area contributed by atoms with Gasteiger partial charge in [-0.15, -0.1) is 5.10 Å². The van der Waals surface area contributed by atoms with Crippen LogP contribution in [0, 0.1) is 0 Å². The molecule has 202 valence electrons. The quantitative estimate of drug-likeness (QED) is 0.501. The molecule has 5 heterocycles. The number of carbonyl (C=O) groups excluding carboxylic acids is 1. The number of nitrogens with zero attached hydrogens (tertiary/aromatic N) is 7. The number of likely N-dealkylation sites (tertiary alicyclic amines) is 1. The summed E-state index contributed by atoms with van der Waals surface area (Å²) in [4.78, 5) is 28.4. The van der Waals surface area contributed by atoms with Crippen molar-refractivity contribution < 1.29 is 18.0 Å².